The van der Waals surface area contributed by atoms with Crippen LogP contribution in [0.4, 0.5) is 0 Å². The summed E-state index contributed by atoms with van der Waals surface area (Å²) < 4.78 is 0. The van der Waals surface area contributed by atoms with Crippen LogP contribution in [0.2, 0.25) is 0 Å². The van der Waals surface area contributed by atoms with Crippen LogP contribution in [-0.2, 0) is 0 Å². The third-order valence-electron chi connectivity index (χ3n) is 4.96. The lowest BCUT2D eigenvalue weighted by atomic mass is 9.60. The lowest BCUT2D eigenvalue weighted by molar-refractivity contribution is 0.0408. The molecule has 0 aliphatic heterocycles. The summed E-state index contributed by atoms with van der Waals surface area (Å²) in [6, 6.07) is 0. The summed E-state index contributed by atoms with van der Waals surface area (Å²) in [6.45, 7) is 19.3. The van der Waals surface area contributed by atoms with Gasteiger partial charge in [0.2, 0.25) is 0 Å². The van der Waals surface area contributed by atoms with Gasteiger partial charge in [-0.2, -0.15) is 0 Å². The maximum absolute atomic E-state index is 2.47. The predicted molar refractivity (Wildman–Crippen MR) is 75.6 cm³/mol. The van der Waals surface area contributed by atoms with Crippen molar-refractivity contribution in [3.8, 4) is 0 Å². The van der Waals surface area contributed by atoms with Crippen molar-refractivity contribution >= 4 is 0 Å². The van der Waals surface area contributed by atoms with Crippen LogP contribution in [0.3, 0.4) is 0 Å². The van der Waals surface area contributed by atoms with Crippen LogP contribution in [0.5, 0.6) is 0 Å². The van der Waals surface area contributed by atoms with Gasteiger partial charge < -0.3 is 0 Å². The van der Waals surface area contributed by atoms with E-state index in [1.54, 1.807) is 0 Å². The van der Waals surface area contributed by atoms with E-state index in [1.807, 2.05) is 0 Å². The Bertz CT molecular complexity index is 178. The zero-order valence-corrected chi connectivity index (χ0v) is 12.9. The molecule has 0 N–H and O–H groups in total. The van der Waals surface area contributed by atoms with E-state index in [0.29, 0.717) is 5.41 Å². The molecule has 0 amide bonds. The highest BCUT2D eigenvalue weighted by atomic mass is 14.4. The average Bonchev–Trinajstić information content (AvgIpc) is 2.17. The summed E-state index contributed by atoms with van der Waals surface area (Å²) in [4.78, 5) is 0. The summed E-state index contributed by atoms with van der Waals surface area (Å²) >= 11 is 0. The van der Waals surface area contributed by atoms with E-state index in [1.165, 1.54) is 19.3 Å². The Balaban J connectivity index is 4.92. The van der Waals surface area contributed by atoms with Crippen LogP contribution in [-0.4, -0.2) is 0 Å². The molecule has 0 spiro atoms. The molecule has 0 heterocycles. The Labute approximate surface area is 104 Å². The van der Waals surface area contributed by atoms with Gasteiger partial charge in [-0.1, -0.05) is 74.7 Å². The second-order valence-corrected chi connectivity index (χ2v) is 6.65. The molecule has 0 radical (unpaired) electrons. The number of hydrogen-bond donors (Lipinski definition) is 0. The zero-order chi connectivity index (χ0) is 12.9. The van der Waals surface area contributed by atoms with E-state index in [2.05, 4.69) is 55.4 Å². The van der Waals surface area contributed by atoms with Gasteiger partial charge in [0.1, 0.15) is 0 Å². The largest absolute Gasteiger partial charge is 0.0654 e. The summed E-state index contributed by atoms with van der Waals surface area (Å²) in [5.41, 5.74) is 0.462. The molecule has 3 atom stereocenters. The monoisotopic (exact) mass is 226 g/mol. The van der Waals surface area contributed by atoms with Gasteiger partial charge in [-0.3, -0.25) is 0 Å². The van der Waals surface area contributed by atoms with E-state index < -0.39 is 0 Å². The Kier molecular flexibility index (Phi) is 6.67. The highest BCUT2D eigenvalue weighted by Gasteiger charge is 2.38. The Morgan fingerprint density at radius 1 is 0.875 bits per heavy atom. The second-order valence-electron chi connectivity index (χ2n) is 6.65. The molecule has 0 aromatic carbocycles. The first-order valence-corrected chi connectivity index (χ1v) is 7.28. The molecule has 3 unspecified atom stereocenters. The summed E-state index contributed by atoms with van der Waals surface area (Å²) in [5, 5.41) is 0. The molecule has 0 aliphatic rings. The second kappa shape index (κ2) is 6.67. The van der Waals surface area contributed by atoms with Crippen molar-refractivity contribution in [2.75, 3.05) is 0 Å². The molecule has 0 saturated heterocycles. The predicted octanol–water partition coefficient (Wildman–Crippen LogP) is 5.77. The van der Waals surface area contributed by atoms with E-state index in [0.717, 1.165) is 23.7 Å². The van der Waals surface area contributed by atoms with E-state index >= 15 is 0 Å². The van der Waals surface area contributed by atoms with Gasteiger partial charge in [-0.25, -0.2) is 0 Å². The van der Waals surface area contributed by atoms with Crippen molar-refractivity contribution in [3.05, 3.63) is 0 Å². The van der Waals surface area contributed by atoms with Crippen LogP contribution in [0, 0.1) is 29.1 Å². The van der Waals surface area contributed by atoms with Crippen molar-refractivity contribution < 1.29 is 0 Å². The third kappa shape index (κ3) is 3.79. The van der Waals surface area contributed by atoms with Gasteiger partial charge in [-0.15, -0.1) is 0 Å². The minimum atomic E-state index is 0.462. The first kappa shape index (κ1) is 16.0. The quantitative estimate of drug-likeness (QED) is 0.517. The molecule has 0 fully saturated rings. The summed E-state index contributed by atoms with van der Waals surface area (Å²) in [5.74, 6) is 3.33. The lowest BCUT2D eigenvalue weighted by Crippen LogP contribution is -2.38. The van der Waals surface area contributed by atoms with Gasteiger partial charge in [0.05, 0.1) is 0 Å². The fraction of sp³-hybridized carbons (Fsp3) is 1.00. The molecule has 98 valence electrons. The lowest BCUT2D eigenvalue weighted by Gasteiger charge is -2.45. The SMILES string of the molecule is CCCC(C)C(C(C)CC)C(C)(C)C(C)C. The fourth-order valence-corrected chi connectivity index (χ4v) is 3.30. The van der Waals surface area contributed by atoms with Crippen molar-refractivity contribution in [3.63, 3.8) is 0 Å². The van der Waals surface area contributed by atoms with Crippen LogP contribution in [0.1, 0.15) is 74.7 Å². The fourth-order valence-electron chi connectivity index (χ4n) is 3.30. The smallest absolute Gasteiger partial charge is 0.0298 e. The van der Waals surface area contributed by atoms with Crippen LogP contribution in [0.25, 0.3) is 0 Å². The standard InChI is InChI=1S/C16H34/c1-9-11-14(6)15(13(5)10-2)16(7,8)12(3)4/h12-15H,9-11H2,1-8H3. The normalized spacial score (nSPS) is 18.6. The maximum atomic E-state index is 2.47. The first-order valence-electron chi connectivity index (χ1n) is 7.28. The van der Waals surface area contributed by atoms with Crippen LogP contribution < -0.4 is 0 Å². The average molecular weight is 226 g/mol. The molecule has 0 rings (SSSR count). The summed E-state index contributed by atoms with van der Waals surface area (Å²) in [6.07, 6.45) is 4.02. The van der Waals surface area contributed by atoms with Gasteiger partial charge in [-0.05, 0) is 29.1 Å². The molecule has 0 aromatic heterocycles. The van der Waals surface area contributed by atoms with Crippen molar-refractivity contribution in [1.82, 2.24) is 0 Å². The van der Waals surface area contributed by atoms with Crippen LogP contribution >= 0.6 is 0 Å². The summed E-state index contributed by atoms with van der Waals surface area (Å²) in [7, 11) is 0. The first-order chi connectivity index (χ1) is 7.28. The molecule has 0 saturated carbocycles. The van der Waals surface area contributed by atoms with E-state index in [9.17, 15) is 0 Å². The number of hydrogen-bond acceptors (Lipinski definition) is 0. The molecular weight excluding hydrogens is 192 g/mol. The van der Waals surface area contributed by atoms with Gasteiger partial charge >= 0.3 is 0 Å². The minimum absolute atomic E-state index is 0.462. The Hall–Kier alpha value is 0. The van der Waals surface area contributed by atoms with Gasteiger partial charge in [0.15, 0.2) is 0 Å². The molecule has 0 heteroatoms. The van der Waals surface area contributed by atoms with Crippen LogP contribution in [0.15, 0.2) is 0 Å². The van der Waals surface area contributed by atoms with Gasteiger partial charge in [0, 0.05) is 0 Å². The van der Waals surface area contributed by atoms with E-state index in [4.69, 9.17) is 0 Å². The molecule has 16 heavy (non-hydrogen) atoms. The molecule has 0 nitrogen and oxygen atoms in total. The third-order valence-corrected chi connectivity index (χ3v) is 4.96. The molecule has 0 bridgehead atoms. The zero-order valence-electron chi connectivity index (χ0n) is 12.9. The molecule has 0 aliphatic carbocycles. The minimum Gasteiger partial charge on any atom is -0.0654 e. The van der Waals surface area contributed by atoms with Crippen molar-refractivity contribution in [1.29, 1.82) is 0 Å². The molecular formula is C16H34. The maximum Gasteiger partial charge on any atom is -0.0298 e. The highest BCUT2D eigenvalue weighted by Crippen LogP contribution is 2.45. The topological polar surface area (TPSA) is 0 Å². The number of rotatable bonds is 7. The van der Waals surface area contributed by atoms with E-state index in [-0.39, 0.29) is 0 Å². The van der Waals surface area contributed by atoms with Gasteiger partial charge in [0.25, 0.3) is 0 Å². The van der Waals surface area contributed by atoms with Crippen molar-refractivity contribution in [2.24, 2.45) is 29.1 Å². The highest BCUT2D eigenvalue weighted by molar-refractivity contribution is 4.87. The Morgan fingerprint density at radius 2 is 1.38 bits per heavy atom. The molecule has 0 aromatic rings. The Morgan fingerprint density at radius 3 is 1.69 bits per heavy atom. The van der Waals surface area contributed by atoms with Crippen molar-refractivity contribution in [2.45, 2.75) is 74.7 Å².